The van der Waals surface area contributed by atoms with E-state index in [0.29, 0.717) is 0 Å². The van der Waals surface area contributed by atoms with Gasteiger partial charge in [0.1, 0.15) is 0 Å². The van der Waals surface area contributed by atoms with Gasteiger partial charge in [0.2, 0.25) is 0 Å². The van der Waals surface area contributed by atoms with Crippen LogP contribution in [-0.2, 0) is 6.54 Å². The molecule has 2 N–H and O–H groups in total. The summed E-state index contributed by atoms with van der Waals surface area (Å²) < 4.78 is 0. The molecule has 88 valence electrons. The van der Waals surface area contributed by atoms with Gasteiger partial charge in [0.25, 0.3) is 0 Å². The van der Waals surface area contributed by atoms with Gasteiger partial charge in [0.05, 0.1) is 6.61 Å². The molecule has 0 radical (unpaired) electrons. The van der Waals surface area contributed by atoms with Gasteiger partial charge in [-0.2, -0.15) is 0 Å². The minimum atomic E-state index is -0.226. The van der Waals surface area contributed by atoms with E-state index in [1.54, 1.807) is 6.20 Å². The molecule has 0 saturated carbocycles. The zero-order valence-corrected chi connectivity index (χ0v) is 10.6. The van der Waals surface area contributed by atoms with Gasteiger partial charge < -0.3 is 10.4 Å². The summed E-state index contributed by atoms with van der Waals surface area (Å²) >= 11 is 0. The van der Waals surface area contributed by atoms with Crippen molar-refractivity contribution in [3.63, 3.8) is 0 Å². The van der Waals surface area contributed by atoms with Crippen molar-refractivity contribution >= 4 is 24.8 Å². The number of halogens is 2. The number of hydrogen-bond acceptors (Lipinski definition) is 3. The summed E-state index contributed by atoms with van der Waals surface area (Å²) in [7, 11) is 0. The summed E-state index contributed by atoms with van der Waals surface area (Å²) in [6.07, 6.45) is 3.57. The summed E-state index contributed by atoms with van der Waals surface area (Å²) in [4.78, 5) is 4.01. The van der Waals surface area contributed by atoms with E-state index < -0.39 is 0 Å². The van der Waals surface area contributed by atoms with Crippen LogP contribution in [-0.4, -0.2) is 22.2 Å². The summed E-state index contributed by atoms with van der Waals surface area (Å²) in [5.74, 6) is 0. The maximum Gasteiger partial charge on any atom is 0.0607 e. The van der Waals surface area contributed by atoms with Crippen molar-refractivity contribution in [1.29, 1.82) is 0 Å². The lowest BCUT2D eigenvalue weighted by Gasteiger charge is -2.23. The van der Waals surface area contributed by atoms with Crippen LogP contribution in [0.2, 0.25) is 0 Å². The van der Waals surface area contributed by atoms with Crippen molar-refractivity contribution in [3.8, 4) is 0 Å². The number of nitrogens with one attached hydrogen (secondary N) is 1. The Kier molecular flexibility index (Phi) is 8.96. The first-order valence-electron chi connectivity index (χ1n) is 4.39. The molecular weight excluding hydrogens is 235 g/mol. The molecule has 0 aliphatic rings. The highest BCUT2D eigenvalue weighted by atomic mass is 35.5. The maximum atomic E-state index is 8.99. The highest BCUT2D eigenvalue weighted by Gasteiger charge is 2.14. The van der Waals surface area contributed by atoms with Gasteiger partial charge in [-0.05, 0) is 25.5 Å². The number of rotatable bonds is 4. The van der Waals surface area contributed by atoms with Gasteiger partial charge in [-0.25, -0.2) is 0 Å². The van der Waals surface area contributed by atoms with E-state index in [-0.39, 0.29) is 37.0 Å². The topological polar surface area (TPSA) is 45.1 Å². The van der Waals surface area contributed by atoms with E-state index in [9.17, 15) is 0 Å². The Bertz CT molecular complexity index is 255. The van der Waals surface area contributed by atoms with Crippen LogP contribution >= 0.6 is 24.8 Å². The molecule has 0 fully saturated rings. The van der Waals surface area contributed by atoms with Crippen molar-refractivity contribution in [2.24, 2.45) is 0 Å². The fourth-order valence-corrected chi connectivity index (χ4v) is 0.900. The van der Waals surface area contributed by atoms with Gasteiger partial charge in [0, 0.05) is 24.5 Å². The van der Waals surface area contributed by atoms with Crippen molar-refractivity contribution < 1.29 is 5.11 Å². The third-order valence-corrected chi connectivity index (χ3v) is 1.89. The standard InChI is InChI=1S/C10H16N2O.2ClH/c1-10(2,8-13)12-7-9-4-3-5-11-6-9;;/h3-6,12-13H,7-8H2,1-2H3;2*1H. The molecule has 0 saturated heterocycles. The summed E-state index contributed by atoms with van der Waals surface area (Å²) in [6, 6.07) is 3.91. The Labute approximate surface area is 103 Å². The Morgan fingerprint density at radius 1 is 1.40 bits per heavy atom. The van der Waals surface area contributed by atoms with Crippen LogP contribution in [0.1, 0.15) is 19.4 Å². The van der Waals surface area contributed by atoms with Crippen molar-refractivity contribution in [1.82, 2.24) is 10.3 Å². The summed E-state index contributed by atoms with van der Waals surface area (Å²) in [5.41, 5.74) is 0.902. The second-order valence-corrected chi connectivity index (χ2v) is 3.76. The lowest BCUT2D eigenvalue weighted by molar-refractivity contribution is 0.187. The second-order valence-electron chi connectivity index (χ2n) is 3.76. The Morgan fingerprint density at radius 3 is 2.53 bits per heavy atom. The molecule has 0 unspecified atom stereocenters. The van der Waals surface area contributed by atoms with Gasteiger partial charge in [-0.3, -0.25) is 4.98 Å². The van der Waals surface area contributed by atoms with Gasteiger partial charge >= 0.3 is 0 Å². The minimum absolute atomic E-state index is 0. The zero-order chi connectivity index (χ0) is 9.73. The van der Waals surface area contributed by atoms with Gasteiger partial charge in [-0.1, -0.05) is 6.07 Å². The van der Waals surface area contributed by atoms with Crippen LogP contribution in [0, 0.1) is 0 Å². The Morgan fingerprint density at radius 2 is 2.07 bits per heavy atom. The van der Waals surface area contributed by atoms with Crippen LogP contribution in [0.5, 0.6) is 0 Å². The highest BCUT2D eigenvalue weighted by Crippen LogP contribution is 2.02. The molecule has 0 aromatic carbocycles. The molecule has 3 nitrogen and oxygen atoms in total. The van der Waals surface area contributed by atoms with Crippen molar-refractivity contribution in [2.45, 2.75) is 25.9 Å². The third kappa shape index (κ3) is 6.68. The lowest BCUT2D eigenvalue weighted by Crippen LogP contribution is -2.42. The molecule has 0 amide bonds. The second kappa shape index (κ2) is 7.88. The average molecular weight is 253 g/mol. The minimum Gasteiger partial charge on any atom is -0.394 e. The number of nitrogens with zero attached hydrogens (tertiary/aromatic N) is 1. The molecule has 0 atom stereocenters. The molecule has 0 aliphatic carbocycles. The summed E-state index contributed by atoms with van der Waals surface area (Å²) in [6.45, 7) is 4.79. The van der Waals surface area contributed by atoms with Crippen LogP contribution in [0.3, 0.4) is 0 Å². The number of aromatic nitrogens is 1. The molecule has 1 rings (SSSR count). The number of aliphatic hydroxyl groups is 1. The predicted octanol–water partition coefficient (Wildman–Crippen LogP) is 1.79. The third-order valence-electron chi connectivity index (χ3n) is 1.89. The van der Waals surface area contributed by atoms with Crippen LogP contribution in [0.4, 0.5) is 0 Å². The van der Waals surface area contributed by atoms with Gasteiger partial charge in [-0.15, -0.1) is 24.8 Å². The molecule has 1 aromatic heterocycles. The molecule has 0 bridgehead atoms. The maximum absolute atomic E-state index is 8.99. The zero-order valence-electron chi connectivity index (χ0n) is 8.93. The van der Waals surface area contributed by atoms with Crippen molar-refractivity contribution in [3.05, 3.63) is 30.1 Å². The number of aliphatic hydroxyl groups excluding tert-OH is 1. The fourth-order valence-electron chi connectivity index (χ4n) is 0.900. The molecule has 0 spiro atoms. The van der Waals surface area contributed by atoms with E-state index in [2.05, 4.69) is 10.3 Å². The van der Waals surface area contributed by atoms with Crippen molar-refractivity contribution in [2.75, 3.05) is 6.61 Å². The molecule has 5 heteroatoms. The first-order chi connectivity index (χ1) is 6.14. The van der Waals surface area contributed by atoms with Crippen LogP contribution in [0.25, 0.3) is 0 Å². The molecule has 1 aromatic rings. The highest BCUT2D eigenvalue weighted by molar-refractivity contribution is 5.85. The van der Waals surface area contributed by atoms with E-state index in [4.69, 9.17) is 5.11 Å². The lowest BCUT2D eigenvalue weighted by atomic mass is 10.1. The monoisotopic (exact) mass is 252 g/mol. The Balaban J connectivity index is 0. The van der Waals surface area contributed by atoms with E-state index >= 15 is 0 Å². The Hall–Kier alpha value is -0.350. The SMILES string of the molecule is CC(C)(CO)NCc1cccnc1.Cl.Cl. The van der Waals surface area contributed by atoms with Crippen LogP contribution in [0.15, 0.2) is 24.5 Å². The average Bonchev–Trinajstić information content (AvgIpc) is 2.17. The van der Waals surface area contributed by atoms with Crippen LogP contribution < -0.4 is 5.32 Å². The molecule has 0 aliphatic heterocycles. The normalized spacial score (nSPS) is 10.1. The fraction of sp³-hybridized carbons (Fsp3) is 0.500. The molecule has 1 heterocycles. The molecular formula is C10H18Cl2N2O. The van der Waals surface area contributed by atoms with E-state index in [1.165, 1.54) is 0 Å². The first kappa shape index (κ1) is 17.1. The largest absolute Gasteiger partial charge is 0.394 e. The number of pyridine rings is 1. The smallest absolute Gasteiger partial charge is 0.0607 e. The van der Waals surface area contributed by atoms with E-state index in [0.717, 1.165) is 12.1 Å². The number of hydrogen-bond donors (Lipinski definition) is 2. The predicted molar refractivity (Wildman–Crippen MR) is 66.7 cm³/mol. The molecule has 15 heavy (non-hydrogen) atoms. The first-order valence-corrected chi connectivity index (χ1v) is 4.39. The van der Waals surface area contributed by atoms with E-state index in [1.807, 2.05) is 32.2 Å². The van der Waals surface area contributed by atoms with Gasteiger partial charge in [0.15, 0.2) is 0 Å². The quantitative estimate of drug-likeness (QED) is 0.859. The summed E-state index contributed by atoms with van der Waals surface area (Å²) in [5, 5.41) is 12.2.